The molecule has 1 aromatic heterocycles. The van der Waals surface area contributed by atoms with Gasteiger partial charge in [0.05, 0.1) is 22.8 Å². The van der Waals surface area contributed by atoms with Crippen LogP contribution in [0.2, 0.25) is 5.02 Å². The van der Waals surface area contributed by atoms with E-state index in [0.717, 1.165) is 11.4 Å². The van der Waals surface area contributed by atoms with Crippen LogP contribution in [0.25, 0.3) is 5.69 Å². The zero-order chi connectivity index (χ0) is 24.3. The highest BCUT2D eigenvalue weighted by Gasteiger charge is 2.22. The maximum absolute atomic E-state index is 12.7. The molecule has 9 nitrogen and oxygen atoms in total. The number of carbonyl (C=O) groups is 2. The molecule has 1 N–H and O–H groups in total. The first-order valence-corrected chi connectivity index (χ1v) is 10.5. The van der Waals surface area contributed by atoms with E-state index in [1.54, 1.807) is 35.0 Å². The van der Waals surface area contributed by atoms with E-state index < -0.39 is 16.7 Å². The Morgan fingerprint density at radius 3 is 2.27 bits per heavy atom. The van der Waals surface area contributed by atoms with Crippen molar-refractivity contribution < 1.29 is 14.5 Å². The Morgan fingerprint density at radius 1 is 1.12 bits per heavy atom. The molecule has 3 rings (SSSR count). The second kappa shape index (κ2) is 9.41. The Bertz CT molecular complexity index is 1180. The standard InChI is InChI=1S/C23H24ClN5O4/c1-23(2,3)19-13-20(28(26-19)17-11-7-16(24)8-12-17)25-21(30)14-27(4)22(31)15-5-9-18(10-6-15)29(32)33/h5-13H,14H2,1-4H3,(H,25,30). The van der Waals surface area contributed by atoms with Crippen molar-refractivity contribution in [3.8, 4) is 5.69 Å². The quantitative estimate of drug-likeness (QED) is 0.423. The minimum absolute atomic E-state index is 0.114. The van der Waals surface area contributed by atoms with E-state index in [0.29, 0.717) is 10.8 Å². The number of amides is 2. The van der Waals surface area contributed by atoms with Crippen molar-refractivity contribution in [2.24, 2.45) is 0 Å². The van der Waals surface area contributed by atoms with Crippen LogP contribution in [0.3, 0.4) is 0 Å². The minimum atomic E-state index is -0.541. The van der Waals surface area contributed by atoms with Gasteiger partial charge in [0.1, 0.15) is 5.82 Å². The van der Waals surface area contributed by atoms with Gasteiger partial charge in [-0.2, -0.15) is 5.10 Å². The van der Waals surface area contributed by atoms with Crippen LogP contribution in [-0.4, -0.2) is 45.0 Å². The SMILES string of the molecule is CN(CC(=O)Nc1cc(C(C)(C)C)nn1-c1ccc(Cl)cc1)C(=O)c1ccc([N+](=O)[O-])cc1. The van der Waals surface area contributed by atoms with E-state index in [9.17, 15) is 19.7 Å². The van der Waals surface area contributed by atoms with Crippen LogP contribution in [-0.2, 0) is 10.2 Å². The Balaban J connectivity index is 1.77. The number of aromatic nitrogens is 2. The molecule has 0 spiro atoms. The molecule has 0 aliphatic rings. The fourth-order valence-corrected chi connectivity index (χ4v) is 3.16. The van der Waals surface area contributed by atoms with Crippen molar-refractivity contribution in [2.75, 3.05) is 18.9 Å². The van der Waals surface area contributed by atoms with Crippen molar-refractivity contribution in [1.82, 2.24) is 14.7 Å². The van der Waals surface area contributed by atoms with Gasteiger partial charge in [-0.15, -0.1) is 0 Å². The van der Waals surface area contributed by atoms with E-state index in [1.807, 2.05) is 20.8 Å². The summed E-state index contributed by atoms with van der Waals surface area (Å²) in [6.07, 6.45) is 0. The van der Waals surface area contributed by atoms with E-state index in [-0.39, 0.29) is 23.2 Å². The van der Waals surface area contributed by atoms with Gasteiger partial charge in [0.2, 0.25) is 5.91 Å². The Hall–Kier alpha value is -3.72. The molecule has 0 aliphatic heterocycles. The van der Waals surface area contributed by atoms with Crippen molar-refractivity contribution in [3.05, 3.63) is 81.0 Å². The zero-order valence-electron chi connectivity index (χ0n) is 18.7. The van der Waals surface area contributed by atoms with Gasteiger partial charge in [-0.05, 0) is 36.4 Å². The number of nitrogens with one attached hydrogen (secondary N) is 1. The molecule has 0 unspecified atom stereocenters. The maximum atomic E-state index is 12.7. The fourth-order valence-electron chi connectivity index (χ4n) is 3.03. The summed E-state index contributed by atoms with van der Waals surface area (Å²) in [5.74, 6) is -0.381. The van der Waals surface area contributed by atoms with Crippen LogP contribution >= 0.6 is 11.6 Å². The Morgan fingerprint density at radius 2 is 1.73 bits per heavy atom. The molecule has 33 heavy (non-hydrogen) atoms. The number of anilines is 1. The summed E-state index contributed by atoms with van der Waals surface area (Å²) in [6, 6.07) is 14.1. The first kappa shape index (κ1) is 23.9. The van der Waals surface area contributed by atoms with Crippen LogP contribution < -0.4 is 5.32 Å². The lowest BCUT2D eigenvalue weighted by atomic mass is 9.92. The summed E-state index contributed by atoms with van der Waals surface area (Å²) < 4.78 is 1.62. The molecular weight excluding hydrogens is 446 g/mol. The third-order valence-electron chi connectivity index (χ3n) is 4.87. The van der Waals surface area contributed by atoms with Crippen molar-refractivity contribution in [2.45, 2.75) is 26.2 Å². The predicted molar refractivity (Wildman–Crippen MR) is 126 cm³/mol. The molecule has 0 saturated carbocycles. The fraction of sp³-hybridized carbons (Fsp3) is 0.261. The number of halogens is 1. The average Bonchev–Trinajstić information content (AvgIpc) is 3.17. The average molecular weight is 470 g/mol. The molecule has 0 radical (unpaired) electrons. The highest BCUT2D eigenvalue weighted by atomic mass is 35.5. The highest BCUT2D eigenvalue weighted by molar-refractivity contribution is 6.30. The molecule has 3 aromatic rings. The topological polar surface area (TPSA) is 110 Å². The van der Waals surface area contributed by atoms with Crippen LogP contribution in [0.4, 0.5) is 11.5 Å². The normalized spacial score (nSPS) is 11.2. The number of rotatable bonds is 6. The van der Waals surface area contributed by atoms with Crippen molar-refractivity contribution >= 4 is 34.9 Å². The predicted octanol–water partition coefficient (Wildman–Crippen LogP) is 4.44. The zero-order valence-corrected chi connectivity index (χ0v) is 19.5. The number of hydrogen-bond acceptors (Lipinski definition) is 5. The van der Waals surface area contributed by atoms with Gasteiger partial charge >= 0.3 is 0 Å². The van der Waals surface area contributed by atoms with Gasteiger partial charge in [0, 0.05) is 41.2 Å². The Kier molecular flexibility index (Phi) is 6.83. The van der Waals surface area contributed by atoms with Crippen molar-refractivity contribution in [3.63, 3.8) is 0 Å². The molecule has 0 saturated heterocycles. The number of nitrogens with zero attached hydrogens (tertiary/aromatic N) is 4. The molecule has 2 amide bonds. The number of non-ortho nitro benzene ring substituents is 1. The summed E-state index contributed by atoms with van der Waals surface area (Å²) in [5, 5.41) is 18.8. The van der Waals surface area contributed by atoms with Crippen LogP contribution in [0.5, 0.6) is 0 Å². The molecule has 0 aliphatic carbocycles. The first-order valence-electron chi connectivity index (χ1n) is 10.1. The summed E-state index contributed by atoms with van der Waals surface area (Å²) in [6.45, 7) is 5.84. The molecule has 0 bridgehead atoms. The second-order valence-electron chi connectivity index (χ2n) is 8.57. The minimum Gasteiger partial charge on any atom is -0.332 e. The molecular formula is C23H24ClN5O4. The Labute approximate surface area is 196 Å². The van der Waals surface area contributed by atoms with Crippen LogP contribution in [0.1, 0.15) is 36.8 Å². The third-order valence-corrected chi connectivity index (χ3v) is 5.12. The van der Waals surface area contributed by atoms with E-state index >= 15 is 0 Å². The summed E-state index contributed by atoms with van der Waals surface area (Å²) in [5.41, 5.74) is 1.39. The van der Waals surface area contributed by atoms with Gasteiger partial charge in [-0.1, -0.05) is 32.4 Å². The molecule has 10 heteroatoms. The number of benzene rings is 2. The second-order valence-corrected chi connectivity index (χ2v) is 9.00. The number of carbonyl (C=O) groups excluding carboxylic acids is 2. The summed E-state index contributed by atoms with van der Waals surface area (Å²) in [4.78, 5) is 36.8. The van der Waals surface area contributed by atoms with Gasteiger partial charge in [0.15, 0.2) is 0 Å². The smallest absolute Gasteiger partial charge is 0.269 e. The number of nitro groups is 1. The summed E-state index contributed by atoms with van der Waals surface area (Å²) >= 11 is 5.99. The van der Waals surface area contributed by atoms with Crippen molar-refractivity contribution in [1.29, 1.82) is 0 Å². The van der Waals surface area contributed by atoms with E-state index in [4.69, 9.17) is 11.6 Å². The van der Waals surface area contributed by atoms with Gasteiger partial charge in [0.25, 0.3) is 11.6 Å². The number of hydrogen-bond donors (Lipinski definition) is 1. The third kappa shape index (κ3) is 5.75. The molecule has 2 aromatic carbocycles. The van der Waals surface area contributed by atoms with Crippen LogP contribution in [0.15, 0.2) is 54.6 Å². The monoisotopic (exact) mass is 469 g/mol. The number of nitro benzene ring substituents is 1. The number of likely N-dealkylation sites (N-methyl/N-ethyl adjacent to an activating group) is 1. The molecule has 1 heterocycles. The highest BCUT2D eigenvalue weighted by Crippen LogP contribution is 2.27. The van der Waals surface area contributed by atoms with E-state index in [2.05, 4.69) is 10.4 Å². The van der Waals surface area contributed by atoms with E-state index in [1.165, 1.54) is 36.2 Å². The van der Waals surface area contributed by atoms with Gasteiger partial charge in [-0.3, -0.25) is 19.7 Å². The van der Waals surface area contributed by atoms with Gasteiger partial charge in [-0.25, -0.2) is 4.68 Å². The lowest BCUT2D eigenvalue weighted by Gasteiger charge is -2.17. The lowest BCUT2D eigenvalue weighted by Crippen LogP contribution is -2.35. The molecule has 0 atom stereocenters. The molecule has 0 fully saturated rings. The summed E-state index contributed by atoms with van der Waals surface area (Å²) in [7, 11) is 1.49. The maximum Gasteiger partial charge on any atom is 0.269 e. The van der Waals surface area contributed by atoms with Gasteiger partial charge < -0.3 is 10.2 Å². The lowest BCUT2D eigenvalue weighted by molar-refractivity contribution is -0.384. The first-order chi connectivity index (χ1) is 15.5. The largest absolute Gasteiger partial charge is 0.332 e. The van der Waals surface area contributed by atoms with Crippen LogP contribution in [0, 0.1) is 10.1 Å². The molecule has 172 valence electrons.